The molecule has 100 valence electrons. The Kier molecular flexibility index (Phi) is 6.39. The topological polar surface area (TPSA) is 64.3 Å². The summed E-state index contributed by atoms with van der Waals surface area (Å²) in [6, 6.07) is 7.82. The number of nitrogens with two attached hydrogens (primary N) is 1. The summed E-state index contributed by atoms with van der Waals surface area (Å²) in [6.07, 6.45) is 0.390. The number of carbonyl (C=O) groups excluding carboxylic acids is 1. The predicted octanol–water partition coefficient (Wildman–Crippen LogP) is 1.23. The fourth-order valence-corrected chi connectivity index (χ4v) is 1.64. The summed E-state index contributed by atoms with van der Waals surface area (Å²) in [4.78, 5) is 11.7. The first-order valence-electron chi connectivity index (χ1n) is 6.30. The van der Waals surface area contributed by atoms with Gasteiger partial charge in [-0.3, -0.25) is 4.79 Å². The van der Waals surface area contributed by atoms with Crippen LogP contribution in [0.5, 0.6) is 0 Å². The molecule has 0 heterocycles. The van der Waals surface area contributed by atoms with Crippen molar-refractivity contribution < 1.29 is 9.53 Å². The molecule has 0 saturated heterocycles. The van der Waals surface area contributed by atoms with Gasteiger partial charge in [0.2, 0.25) is 5.91 Å². The van der Waals surface area contributed by atoms with Crippen molar-refractivity contribution in [3.8, 4) is 0 Å². The Morgan fingerprint density at radius 3 is 2.50 bits per heavy atom. The van der Waals surface area contributed by atoms with E-state index in [1.165, 1.54) is 0 Å². The lowest BCUT2D eigenvalue weighted by Gasteiger charge is -2.13. The number of benzene rings is 1. The van der Waals surface area contributed by atoms with Crippen LogP contribution < -0.4 is 11.1 Å². The molecular weight excluding hydrogens is 228 g/mol. The zero-order valence-corrected chi connectivity index (χ0v) is 11.1. The minimum Gasteiger partial charge on any atom is -0.380 e. The normalized spacial score (nSPS) is 12.2. The van der Waals surface area contributed by atoms with Crippen molar-refractivity contribution in [1.82, 2.24) is 5.32 Å². The first kappa shape index (κ1) is 14.7. The Morgan fingerprint density at radius 1 is 1.33 bits per heavy atom. The molecule has 1 atom stereocenters. The molecule has 4 nitrogen and oxygen atoms in total. The van der Waals surface area contributed by atoms with Gasteiger partial charge in [-0.15, -0.1) is 0 Å². The summed E-state index contributed by atoms with van der Waals surface area (Å²) in [5.41, 5.74) is 7.59. The van der Waals surface area contributed by atoms with Crippen molar-refractivity contribution in [2.24, 2.45) is 5.73 Å². The first-order chi connectivity index (χ1) is 8.65. The molecule has 1 aromatic carbocycles. The molecule has 18 heavy (non-hydrogen) atoms. The Hall–Kier alpha value is -1.39. The van der Waals surface area contributed by atoms with Gasteiger partial charge in [0.25, 0.3) is 0 Å². The van der Waals surface area contributed by atoms with E-state index in [2.05, 4.69) is 5.32 Å². The van der Waals surface area contributed by atoms with Crippen LogP contribution >= 0.6 is 0 Å². The summed E-state index contributed by atoms with van der Waals surface area (Å²) in [7, 11) is 0. The maximum atomic E-state index is 11.7. The standard InChI is InChI=1S/C14H22N2O2/c1-3-18-10-11(2)16-14(17)8-12-4-6-13(9-15)7-5-12/h4-7,11H,3,8-10,15H2,1-2H3,(H,16,17). The molecule has 0 radical (unpaired) electrons. The molecule has 0 fully saturated rings. The van der Waals surface area contributed by atoms with Crippen LogP contribution in [0.1, 0.15) is 25.0 Å². The quantitative estimate of drug-likeness (QED) is 0.765. The monoisotopic (exact) mass is 250 g/mol. The van der Waals surface area contributed by atoms with Crippen LogP contribution in [-0.2, 0) is 22.5 Å². The zero-order chi connectivity index (χ0) is 13.4. The average Bonchev–Trinajstić information content (AvgIpc) is 2.37. The molecule has 0 aliphatic rings. The lowest BCUT2D eigenvalue weighted by molar-refractivity contribution is -0.121. The van der Waals surface area contributed by atoms with E-state index in [1.807, 2.05) is 38.1 Å². The van der Waals surface area contributed by atoms with E-state index in [4.69, 9.17) is 10.5 Å². The highest BCUT2D eigenvalue weighted by Gasteiger charge is 2.07. The Morgan fingerprint density at radius 2 is 1.94 bits per heavy atom. The highest BCUT2D eigenvalue weighted by atomic mass is 16.5. The van der Waals surface area contributed by atoms with Crippen LogP contribution in [0.2, 0.25) is 0 Å². The molecule has 1 aromatic rings. The number of hydrogen-bond donors (Lipinski definition) is 2. The van der Waals surface area contributed by atoms with Crippen LogP contribution in [0.25, 0.3) is 0 Å². The number of hydrogen-bond acceptors (Lipinski definition) is 3. The van der Waals surface area contributed by atoms with Crippen molar-refractivity contribution in [3.63, 3.8) is 0 Å². The molecule has 1 rings (SSSR count). The number of amides is 1. The molecule has 4 heteroatoms. The molecule has 0 aliphatic carbocycles. The van der Waals surface area contributed by atoms with Crippen LogP contribution in [-0.4, -0.2) is 25.2 Å². The van der Waals surface area contributed by atoms with Crippen molar-refractivity contribution in [2.75, 3.05) is 13.2 Å². The minimum atomic E-state index is 0.0164. The summed E-state index contributed by atoms with van der Waals surface area (Å²) in [5, 5.41) is 2.90. The number of rotatable bonds is 7. The highest BCUT2D eigenvalue weighted by molar-refractivity contribution is 5.78. The highest BCUT2D eigenvalue weighted by Crippen LogP contribution is 2.04. The lowest BCUT2D eigenvalue weighted by Crippen LogP contribution is -2.36. The Labute approximate surface area is 109 Å². The summed E-state index contributed by atoms with van der Waals surface area (Å²) >= 11 is 0. The summed E-state index contributed by atoms with van der Waals surface area (Å²) in [6.45, 7) is 5.62. The SMILES string of the molecule is CCOCC(C)NC(=O)Cc1ccc(CN)cc1. The molecule has 0 aliphatic heterocycles. The second-order valence-electron chi connectivity index (χ2n) is 4.33. The summed E-state index contributed by atoms with van der Waals surface area (Å²) < 4.78 is 5.25. The van der Waals surface area contributed by atoms with Gasteiger partial charge in [0.15, 0.2) is 0 Å². The fourth-order valence-electron chi connectivity index (χ4n) is 1.64. The van der Waals surface area contributed by atoms with Gasteiger partial charge in [0.1, 0.15) is 0 Å². The Balaban J connectivity index is 2.39. The maximum absolute atomic E-state index is 11.7. The molecule has 0 spiro atoms. The van der Waals surface area contributed by atoms with E-state index in [1.54, 1.807) is 0 Å². The number of nitrogens with one attached hydrogen (secondary N) is 1. The third-order valence-corrected chi connectivity index (χ3v) is 2.60. The first-order valence-corrected chi connectivity index (χ1v) is 6.30. The van der Waals surface area contributed by atoms with Gasteiger partial charge in [0.05, 0.1) is 13.0 Å². The summed E-state index contributed by atoms with van der Waals surface area (Å²) in [5.74, 6) is 0.0164. The van der Waals surface area contributed by atoms with E-state index >= 15 is 0 Å². The minimum absolute atomic E-state index is 0.0164. The lowest BCUT2D eigenvalue weighted by atomic mass is 10.1. The van der Waals surface area contributed by atoms with E-state index in [0.717, 1.165) is 11.1 Å². The predicted molar refractivity (Wildman–Crippen MR) is 72.1 cm³/mol. The van der Waals surface area contributed by atoms with Gasteiger partial charge in [-0.05, 0) is 25.0 Å². The molecule has 0 bridgehead atoms. The van der Waals surface area contributed by atoms with E-state index in [9.17, 15) is 4.79 Å². The van der Waals surface area contributed by atoms with Crippen molar-refractivity contribution in [1.29, 1.82) is 0 Å². The van der Waals surface area contributed by atoms with E-state index in [0.29, 0.717) is 26.2 Å². The Bertz CT molecular complexity index is 363. The van der Waals surface area contributed by atoms with Crippen LogP contribution in [0.4, 0.5) is 0 Å². The molecule has 1 amide bonds. The van der Waals surface area contributed by atoms with E-state index in [-0.39, 0.29) is 11.9 Å². The molecule has 1 unspecified atom stereocenters. The second-order valence-corrected chi connectivity index (χ2v) is 4.33. The van der Waals surface area contributed by atoms with Gasteiger partial charge >= 0.3 is 0 Å². The molecule has 0 aromatic heterocycles. The zero-order valence-electron chi connectivity index (χ0n) is 11.1. The largest absolute Gasteiger partial charge is 0.380 e. The maximum Gasteiger partial charge on any atom is 0.224 e. The number of carbonyl (C=O) groups is 1. The molecule has 3 N–H and O–H groups in total. The van der Waals surface area contributed by atoms with Gasteiger partial charge in [-0.1, -0.05) is 24.3 Å². The van der Waals surface area contributed by atoms with E-state index < -0.39 is 0 Å². The van der Waals surface area contributed by atoms with Gasteiger partial charge in [-0.25, -0.2) is 0 Å². The third kappa shape index (κ3) is 5.29. The van der Waals surface area contributed by atoms with Crippen LogP contribution in [0, 0.1) is 0 Å². The van der Waals surface area contributed by atoms with Crippen LogP contribution in [0.3, 0.4) is 0 Å². The fraction of sp³-hybridized carbons (Fsp3) is 0.500. The third-order valence-electron chi connectivity index (χ3n) is 2.60. The molecule has 0 saturated carbocycles. The van der Waals surface area contributed by atoms with Gasteiger partial charge in [0, 0.05) is 19.2 Å². The second kappa shape index (κ2) is 7.84. The molecular formula is C14H22N2O2. The van der Waals surface area contributed by atoms with Gasteiger partial charge in [-0.2, -0.15) is 0 Å². The number of ether oxygens (including phenoxy) is 1. The van der Waals surface area contributed by atoms with Crippen molar-refractivity contribution in [3.05, 3.63) is 35.4 Å². The average molecular weight is 250 g/mol. The van der Waals surface area contributed by atoms with Crippen molar-refractivity contribution in [2.45, 2.75) is 32.9 Å². The smallest absolute Gasteiger partial charge is 0.224 e. The van der Waals surface area contributed by atoms with Crippen LogP contribution in [0.15, 0.2) is 24.3 Å². The van der Waals surface area contributed by atoms with Gasteiger partial charge < -0.3 is 15.8 Å². The van der Waals surface area contributed by atoms with Crippen molar-refractivity contribution >= 4 is 5.91 Å².